The summed E-state index contributed by atoms with van der Waals surface area (Å²) in [6.07, 6.45) is 0. The van der Waals surface area contributed by atoms with E-state index < -0.39 is 11.8 Å². The number of ether oxygens (including phenoxy) is 3. The lowest BCUT2D eigenvalue weighted by molar-refractivity contribution is 0.0974. The van der Waals surface area contributed by atoms with E-state index in [1.165, 1.54) is 0 Å². The molecule has 0 bridgehead atoms. The van der Waals surface area contributed by atoms with Crippen molar-refractivity contribution in [3.8, 4) is 17.2 Å². The van der Waals surface area contributed by atoms with E-state index in [1.54, 1.807) is 36.4 Å². The van der Waals surface area contributed by atoms with Crippen LogP contribution < -0.4 is 30.6 Å². The number of benzene rings is 2. The van der Waals surface area contributed by atoms with Gasteiger partial charge in [0.25, 0.3) is 11.8 Å². The van der Waals surface area contributed by atoms with Crippen LogP contribution in [0.25, 0.3) is 0 Å². The molecule has 0 fully saturated rings. The zero-order valence-electron chi connectivity index (χ0n) is 17.1. The maximum Gasteiger partial charge on any atom is 0.257 e. The predicted octanol–water partition coefficient (Wildman–Crippen LogP) is 3.11. The quantitative estimate of drug-likeness (QED) is 0.523. The van der Waals surface area contributed by atoms with Gasteiger partial charge in [-0.15, -0.1) is 0 Å². The largest absolute Gasteiger partial charge is 0.490 e. The Bertz CT molecular complexity index is 906. The van der Waals surface area contributed by atoms with Gasteiger partial charge in [0.05, 0.1) is 31.1 Å². The molecule has 2 aromatic carbocycles. The zero-order chi connectivity index (χ0) is 22.1. The van der Waals surface area contributed by atoms with Gasteiger partial charge in [-0.2, -0.15) is 0 Å². The third-order valence-electron chi connectivity index (χ3n) is 3.84. The van der Waals surface area contributed by atoms with Crippen molar-refractivity contribution in [2.75, 3.05) is 25.1 Å². The van der Waals surface area contributed by atoms with Crippen molar-refractivity contribution in [1.82, 2.24) is 5.32 Å². The molecule has 0 atom stereocenters. The van der Waals surface area contributed by atoms with Gasteiger partial charge >= 0.3 is 0 Å². The molecule has 0 aliphatic carbocycles. The lowest BCUT2D eigenvalue weighted by Gasteiger charge is -2.17. The van der Waals surface area contributed by atoms with Crippen molar-refractivity contribution in [3.05, 3.63) is 47.5 Å². The first-order valence-electron chi connectivity index (χ1n) is 9.48. The summed E-state index contributed by atoms with van der Waals surface area (Å²) in [5, 5.41) is 5.41. The maximum absolute atomic E-state index is 12.8. The van der Waals surface area contributed by atoms with Gasteiger partial charge in [-0.1, -0.05) is 12.1 Å². The smallest absolute Gasteiger partial charge is 0.257 e. The first-order chi connectivity index (χ1) is 14.4. The molecule has 8 nitrogen and oxygen atoms in total. The van der Waals surface area contributed by atoms with Gasteiger partial charge in [-0.3, -0.25) is 14.9 Å². The summed E-state index contributed by atoms with van der Waals surface area (Å²) in [6, 6.07) is 9.71. The number of hydrogen-bond donors (Lipinski definition) is 3. The van der Waals surface area contributed by atoms with Crippen LogP contribution in [-0.2, 0) is 0 Å². The minimum absolute atomic E-state index is 0.0125. The topological polar surface area (TPSA) is 112 Å². The number of carbonyl (C=O) groups is 2. The highest BCUT2D eigenvalue weighted by atomic mass is 32.1. The summed E-state index contributed by atoms with van der Waals surface area (Å²) in [5.41, 5.74) is 6.29. The molecule has 0 saturated carbocycles. The van der Waals surface area contributed by atoms with Crippen molar-refractivity contribution in [3.63, 3.8) is 0 Å². The van der Waals surface area contributed by atoms with E-state index in [9.17, 15) is 9.59 Å². The first kappa shape index (κ1) is 23.0. The highest BCUT2D eigenvalue weighted by Gasteiger charge is 2.19. The number of anilines is 1. The first-order valence-corrected chi connectivity index (χ1v) is 9.89. The molecule has 0 spiro atoms. The molecular formula is C21H25N3O5S. The molecule has 2 amide bonds. The summed E-state index contributed by atoms with van der Waals surface area (Å²) in [4.78, 5) is 24.3. The number of primary amides is 1. The van der Waals surface area contributed by atoms with Gasteiger partial charge in [0, 0.05) is 5.56 Å². The van der Waals surface area contributed by atoms with Crippen LogP contribution >= 0.6 is 12.2 Å². The fourth-order valence-corrected chi connectivity index (χ4v) is 2.86. The Kier molecular flexibility index (Phi) is 8.42. The van der Waals surface area contributed by atoms with E-state index >= 15 is 0 Å². The van der Waals surface area contributed by atoms with E-state index in [0.717, 1.165) is 0 Å². The number of thiocarbonyl (C=S) groups is 1. The van der Waals surface area contributed by atoms with E-state index in [1.807, 2.05) is 20.8 Å². The fraction of sp³-hybridized carbons (Fsp3) is 0.286. The molecular weight excluding hydrogens is 406 g/mol. The highest BCUT2D eigenvalue weighted by Crippen LogP contribution is 2.39. The van der Waals surface area contributed by atoms with Crippen LogP contribution in [0.1, 0.15) is 41.5 Å². The maximum atomic E-state index is 12.8. The van der Waals surface area contributed by atoms with Gasteiger partial charge in [0.2, 0.25) is 5.75 Å². The Hall–Kier alpha value is -3.33. The van der Waals surface area contributed by atoms with Crippen LogP contribution in [0.3, 0.4) is 0 Å². The number of amides is 2. The molecule has 0 aliphatic heterocycles. The van der Waals surface area contributed by atoms with Crippen molar-refractivity contribution < 1.29 is 23.8 Å². The standard InChI is InChI=1S/C21H25N3O5S/c1-4-27-16-11-13(12-17(28-5-2)18(16)29-6-3)20(26)24-21(30)23-15-10-8-7-9-14(15)19(22)25/h7-12H,4-6H2,1-3H3,(H2,22,25)(H2,23,24,26,30). The monoisotopic (exact) mass is 431 g/mol. The van der Waals surface area contributed by atoms with Crippen molar-refractivity contribution in [2.45, 2.75) is 20.8 Å². The summed E-state index contributed by atoms with van der Waals surface area (Å²) < 4.78 is 16.9. The molecule has 0 unspecified atom stereocenters. The molecule has 2 rings (SSSR count). The van der Waals surface area contributed by atoms with E-state index in [0.29, 0.717) is 42.8 Å². The highest BCUT2D eigenvalue weighted by molar-refractivity contribution is 7.80. The van der Waals surface area contributed by atoms with Crippen LogP contribution in [-0.4, -0.2) is 36.7 Å². The van der Waals surface area contributed by atoms with Crippen LogP contribution in [0.2, 0.25) is 0 Å². The number of para-hydroxylation sites is 1. The lowest BCUT2D eigenvalue weighted by Crippen LogP contribution is -2.34. The van der Waals surface area contributed by atoms with Crippen molar-refractivity contribution in [2.24, 2.45) is 5.73 Å². The Morgan fingerprint density at radius 3 is 2.07 bits per heavy atom. The van der Waals surface area contributed by atoms with E-state index in [4.69, 9.17) is 32.2 Å². The Labute approximate surface area is 180 Å². The molecule has 9 heteroatoms. The third kappa shape index (κ3) is 5.84. The van der Waals surface area contributed by atoms with Crippen molar-refractivity contribution >= 4 is 34.8 Å². The fourth-order valence-electron chi connectivity index (χ4n) is 2.66. The number of hydrogen-bond acceptors (Lipinski definition) is 6. The van der Waals surface area contributed by atoms with E-state index in [2.05, 4.69) is 10.6 Å². The average molecular weight is 432 g/mol. The normalized spacial score (nSPS) is 10.1. The van der Waals surface area contributed by atoms with Crippen LogP contribution in [0.15, 0.2) is 36.4 Å². The molecule has 0 aliphatic rings. The Morgan fingerprint density at radius 2 is 1.53 bits per heavy atom. The minimum Gasteiger partial charge on any atom is -0.490 e. The van der Waals surface area contributed by atoms with Crippen molar-refractivity contribution in [1.29, 1.82) is 0 Å². The average Bonchev–Trinajstić information content (AvgIpc) is 2.70. The molecule has 2 aromatic rings. The lowest BCUT2D eigenvalue weighted by atomic mass is 10.1. The van der Waals surface area contributed by atoms with Gasteiger partial charge in [0.15, 0.2) is 16.6 Å². The molecule has 160 valence electrons. The van der Waals surface area contributed by atoms with Crippen LogP contribution in [0.4, 0.5) is 5.69 Å². The number of rotatable bonds is 9. The number of nitrogens with two attached hydrogens (primary N) is 1. The second-order valence-corrected chi connectivity index (χ2v) is 6.33. The molecule has 0 radical (unpaired) electrons. The number of nitrogens with one attached hydrogen (secondary N) is 2. The Morgan fingerprint density at radius 1 is 0.967 bits per heavy atom. The van der Waals surface area contributed by atoms with Gasteiger partial charge in [-0.25, -0.2) is 0 Å². The van der Waals surface area contributed by atoms with Crippen LogP contribution in [0, 0.1) is 0 Å². The zero-order valence-corrected chi connectivity index (χ0v) is 17.9. The molecule has 0 saturated heterocycles. The Balaban J connectivity index is 2.25. The second-order valence-electron chi connectivity index (χ2n) is 5.92. The predicted molar refractivity (Wildman–Crippen MR) is 119 cm³/mol. The second kappa shape index (κ2) is 11.0. The summed E-state index contributed by atoms with van der Waals surface area (Å²) in [5.74, 6) is 0.145. The van der Waals surface area contributed by atoms with Gasteiger partial charge in [-0.05, 0) is 57.3 Å². The third-order valence-corrected chi connectivity index (χ3v) is 4.04. The molecule has 0 aromatic heterocycles. The van der Waals surface area contributed by atoms with Crippen LogP contribution in [0.5, 0.6) is 17.2 Å². The SMILES string of the molecule is CCOc1cc(C(=O)NC(=S)Nc2ccccc2C(N)=O)cc(OCC)c1OCC. The summed E-state index contributed by atoms with van der Waals surface area (Å²) in [7, 11) is 0. The number of carbonyl (C=O) groups excluding carboxylic acids is 2. The summed E-state index contributed by atoms with van der Waals surface area (Å²) in [6.45, 7) is 6.70. The molecule has 4 N–H and O–H groups in total. The molecule has 0 heterocycles. The van der Waals surface area contributed by atoms with Gasteiger partial charge < -0.3 is 25.3 Å². The van der Waals surface area contributed by atoms with Gasteiger partial charge in [0.1, 0.15) is 0 Å². The summed E-state index contributed by atoms with van der Waals surface area (Å²) >= 11 is 5.21. The molecule has 30 heavy (non-hydrogen) atoms. The van der Waals surface area contributed by atoms with E-state index in [-0.39, 0.29) is 16.2 Å². The minimum atomic E-state index is -0.610.